The molecule has 0 radical (unpaired) electrons. The summed E-state index contributed by atoms with van der Waals surface area (Å²) in [6.07, 6.45) is 0.411. The van der Waals surface area contributed by atoms with Gasteiger partial charge in [-0.2, -0.15) is 0 Å². The van der Waals surface area contributed by atoms with Crippen molar-refractivity contribution < 1.29 is 14.7 Å². The average Bonchev–Trinajstić information content (AvgIpc) is 2.70. The molecule has 19 heavy (non-hydrogen) atoms. The van der Waals surface area contributed by atoms with Crippen molar-refractivity contribution in [2.75, 3.05) is 6.54 Å². The van der Waals surface area contributed by atoms with Gasteiger partial charge in [-0.05, 0) is 26.8 Å². The van der Waals surface area contributed by atoms with Gasteiger partial charge in [0.25, 0.3) is 0 Å². The van der Waals surface area contributed by atoms with Gasteiger partial charge in [0.15, 0.2) is 0 Å². The molecular formula is C13H20N2O3S. The van der Waals surface area contributed by atoms with Crippen LogP contribution in [0.2, 0.25) is 0 Å². The van der Waals surface area contributed by atoms with Gasteiger partial charge in [0.2, 0.25) is 5.91 Å². The standard InChI is InChI=1S/C13H20N2O3S/c1-13(2,3)15-11(16)4-5-14-7-10-6-9(8-19-10)12(17)18/h6,8,14H,4-5,7H2,1-3H3,(H,15,16)(H,17,18). The van der Waals surface area contributed by atoms with Crippen molar-refractivity contribution in [1.82, 2.24) is 10.6 Å². The van der Waals surface area contributed by atoms with E-state index in [2.05, 4.69) is 10.6 Å². The molecule has 0 atom stereocenters. The Morgan fingerprint density at radius 2 is 2.05 bits per heavy atom. The number of carboxylic acid groups (broad SMARTS) is 1. The Morgan fingerprint density at radius 3 is 2.58 bits per heavy atom. The van der Waals surface area contributed by atoms with Crippen LogP contribution in [-0.2, 0) is 11.3 Å². The number of carbonyl (C=O) groups is 2. The molecule has 0 aliphatic rings. The quantitative estimate of drug-likeness (QED) is 0.697. The first kappa shape index (κ1) is 15.7. The van der Waals surface area contributed by atoms with Crippen molar-refractivity contribution in [3.05, 3.63) is 21.9 Å². The summed E-state index contributed by atoms with van der Waals surface area (Å²) in [7, 11) is 0. The van der Waals surface area contributed by atoms with E-state index >= 15 is 0 Å². The van der Waals surface area contributed by atoms with Gasteiger partial charge < -0.3 is 15.7 Å². The zero-order valence-electron chi connectivity index (χ0n) is 11.4. The lowest BCUT2D eigenvalue weighted by Gasteiger charge is -2.20. The second-order valence-corrected chi connectivity index (χ2v) is 6.33. The maximum atomic E-state index is 11.5. The first-order valence-electron chi connectivity index (χ1n) is 6.10. The molecule has 0 aliphatic carbocycles. The van der Waals surface area contributed by atoms with E-state index in [1.54, 1.807) is 11.4 Å². The van der Waals surface area contributed by atoms with Crippen LogP contribution in [0.3, 0.4) is 0 Å². The fourth-order valence-electron chi connectivity index (χ4n) is 1.48. The Hall–Kier alpha value is -1.40. The molecule has 0 unspecified atom stereocenters. The second-order valence-electron chi connectivity index (χ2n) is 5.33. The molecule has 0 fully saturated rings. The Balaban J connectivity index is 2.23. The van der Waals surface area contributed by atoms with E-state index in [-0.39, 0.29) is 11.4 Å². The number of nitrogens with one attached hydrogen (secondary N) is 2. The first-order valence-corrected chi connectivity index (χ1v) is 6.98. The van der Waals surface area contributed by atoms with Gasteiger partial charge in [-0.15, -0.1) is 11.3 Å². The van der Waals surface area contributed by atoms with Crippen molar-refractivity contribution in [1.29, 1.82) is 0 Å². The number of carbonyl (C=O) groups excluding carboxylic acids is 1. The Labute approximate surface area is 117 Å². The average molecular weight is 284 g/mol. The summed E-state index contributed by atoms with van der Waals surface area (Å²) < 4.78 is 0. The van der Waals surface area contributed by atoms with Crippen LogP contribution in [0.5, 0.6) is 0 Å². The maximum absolute atomic E-state index is 11.5. The number of amides is 1. The second kappa shape index (κ2) is 6.68. The van der Waals surface area contributed by atoms with Gasteiger partial charge in [-0.25, -0.2) is 4.79 Å². The molecule has 3 N–H and O–H groups in total. The monoisotopic (exact) mass is 284 g/mol. The third kappa shape index (κ3) is 6.35. The fourth-order valence-corrected chi connectivity index (χ4v) is 2.31. The van der Waals surface area contributed by atoms with Crippen LogP contribution in [0, 0.1) is 0 Å². The third-order valence-corrected chi connectivity index (χ3v) is 3.18. The van der Waals surface area contributed by atoms with Gasteiger partial charge in [0.1, 0.15) is 0 Å². The summed E-state index contributed by atoms with van der Waals surface area (Å²) >= 11 is 1.40. The molecule has 1 rings (SSSR count). The molecule has 1 aromatic rings. The molecule has 0 aliphatic heterocycles. The predicted octanol–water partition coefficient (Wildman–Crippen LogP) is 1.84. The summed E-state index contributed by atoms with van der Waals surface area (Å²) in [5.74, 6) is -0.899. The Morgan fingerprint density at radius 1 is 1.37 bits per heavy atom. The third-order valence-electron chi connectivity index (χ3n) is 2.24. The van der Waals surface area contributed by atoms with Crippen molar-refractivity contribution >= 4 is 23.2 Å². The van der Waals surface area contributed by atoms with Crippen LogP contribution in [0.1, 0.15) is 42.4 Å². The molecule has 6 heteroatoms. The molecule has 5 nitrogen and oxygen atoms in total. The summed E-state index contributed by atoms with van der Waals surface area (Å²) in [5.41, 5.74) is 0.105. The van der Waals surface area contributed by atoms with E-state index in [9.17, 15) is 9.59 Å². The lowest BCUT2D eigenvalue weighted by atomic mass is 10.1. The van der Waals surface area contributed by atoms with Crippen molar-refractivity contribution in [3.63, 3.8) is 0 Å². The number of hydrogen-bond acceptors (Lipinski definition) is 4. The Bertz CT molecular complexity index is 449. The number of carboxylic acids is 1. The molecule has 0 aromatic carbocycles. The van der Waals surface area contributed by atoms with Gasteiger partial charge in [-0.3, -0.25) is 4.79 Å². The molecule has 0 saturated carbocycles. The summed E-state index contributed by atoms with van der Waals surface area (Å²) in [5, 5.41) is 16.4. The normalized spacial score (nSPS) is 11.3. The van der Waals surface area contributed by atoms with Gasteiger partial charge in [0.05, 0.1) is 5.56 Å². The SMILES string of the molecule is CC(C)(C)NC(=O)CCNCc1cc(C(=O)O)cs1. The highest BCUT2D eigenvalue weighted by Gasteiger charge is 2.13. The van der Waals surface area contributed by atoms with E-state index < -0.39 is 5.97 Å². The van der Waals surface area contributed by atoms with Gasteiger partial charge >= 0.3 is 5.97 Å². The fraction of sp³-hybridized carbons (Fsp3) is 0.538. The van der Waals surface area contributed by atoms with Gasteiger partial charge in [0, 0.05) is 35.3 Å². The molecule has 0 bridgehead atoms. The molecule has 1 heterocycles. The number of rotatable bonds is 6. The van der Waals surface area contributed by atoms with Crippen LogP contribution in [0.4, 0.5) is 0 Å². The largest absolute Gasteiger partial charge is 0.478 e. The van der Waals surface area contributed by atoms with Crippen molar-refractivity contribution in [3.8, 4) is 0 Å². The Kier molecular flexibility index (Phi) is 5.50. The van der Waals surface area contributed by atoms with Crippen LogP contribution in [0.25, 0.3) is 0 Å². The molecule has 0 spiro atoms. The maximum Gasteiger partial charge on any atom is 0.336 e. The number of thiophene rings is 1. The highest BCUT2D eigenvalue weighted by molar-refractivity contribution is 7.10. The van der Waals surface area contributed by atoms with Gasteiger partial charge in [-0.1, -0.05) is 0 Å². The lowest BCUT2D eigenvalue weighted by molar-refractivity contribution is -0.122. The predicted molar refractivity (Wildman–Crippen MR) is 75.5 cm³/mol. The van der Waals surface area contributed by atoms with E-state index in [0.717, 1.165) is 4.88 Å². The molecular weight excluding hydrogens is 264 g/mol. The minimum Gasteiger partial charge on any atom is -0.478 e. The molecule has 1 aromatic heterocycles. The van der Waals surface area contributed by atoms with Crippen LogP contribution in [0.15, 0.2) is 11.4 Å². The molecule has 0 saturated heterocycles. The summed E-state index contributed by atoms with van der Waals surface area (Å²) in [6.45, 7) is 6.98. The highest BCUT2D eigenvalue weighted by Crippen LogP contribution is 2.14. The van der Waals surface area contributed by atoms with E-state index in [0.29, 0.717) is 25.1 Å². The number of hydrogen-bond donors (Lipinski definition) is 3. The first-order chi connectivity index (χ1) is 8.78. The molecule has 106 valence electrons. The van der Waals surface area contributed by atoms with Crippen LogP contribution < -0.4 is 10.6 Å². The van der Waals surface area contributed by atoms with E-state index in [1.165, 1.54) is 11.3 Å². The van der Waals surface area contributed by atoms with Crippen LogP contribution in [-0.4, -0.2) is 29.1 Å². The summed E-state index contributed by atoms with van der Waals surface area (Å²) in [4.78, 5) is 23.2. The van der Waals surface area contributed by atoms with E-state index in [4.69, 9.17) is 5.11 Å². The van der Waals surface area contributed by atoms with E-state index in [1.807, 2.05) is 20.8 Å². The number of aromatic carboxylic acids is 1. The summed E-state index contributed by atoms with van der Waals surface area (Å²) in [6, 6.07) is 1.65. The molecule has 1 amide bonds. The topological polar surface area (TPSA) is 78.4 Å². The van der Waals surface area contributed by atoms with Crippen molar-refractivity contribution in [2.24, 2.45) is 0 Å². The van der Waals surface area contributed by atoms with Crippen molar-refractivity contribution in [2.45, 2.75) is 39.3 Å². The zero-order valence-corrected chi connectivity index (χ0v) is 12.3. The smallest absolute Gasteiger partial charge is 0.336 e. The zero-order chi connectivity index (χ0) is 14.5. The minimum absolute atomic E-state index is 0.0115. The minimum atomic E-state index is -0.910. The highest BCUT2D eigenvalue weighted by atomic mass is 32.1. The van der Waals surface area contributed by atoms with Crippen LogP contribution >= 0.6 is 11.3 Å². The lowest BCUT2D eigenvalue weighted by Crippen LogP contribution is -2.41.